The van der Waals surface area contributed by atoms with E-state index in [1.807, 2.05) is 72.8 Å². The molecular formula is C24H21N3O2S. The molecule has 30 heavy (non-hydrogen) atoms. The van der Waals surface area contributed by atoms with E-state index in [2.05, 4.69) is 15.3 Å². The highest BCUT2D eigenvalue weighted by molar-refractivity contribution is 8.00. The smallest absolute Gasteiger partial charge is 0.251 e. The van der Waals surface area contributed by atoms with E-state index in [0.29, 0.717) is 29.8 Å². The summed E-state index contributed by atoms with van der Waals surface area (Å²) in [6.07, 6.45) is 0.625. The number of nitrogens with zero attached hydrogens (tertiary/aromatic N) is 1. The molecule has 150 valence electrons. The average Bonchev–Trinajstić information content (AvgIpc) is 3.21. The second kappa shape index (κ2) is 9.41. The van der Waals surface area contributed by atoms with Gasteiger partial charge in [-0.15, -0.1) is 11.8 Å². The number of hydrogen-bond donors (Lipinski definition) is 2. The molecule has 0 saturated carbocycles. The molecule has 2 N–H and O–H groups in total. The second-order valence-electron chi connectivity index (χ2n) is 6.81. The molecule has 4 rings (SSSR count). The second-order valence-corrected chi connectivity index (χ2v) is 7.86. The van der Waals surface area contributed by atoms with Crippen LogP contribution >= 0.6 is 11.8 Å². The van der Waals surface area contributed by atoms with Crippen LogP contribution in [-0.2, 0) is 6.42 Å². The number of hydrogen-bond acceptors (Lipinski definition) is 4. The number of aromatic nitrogens is 2. The molecule has 0 aliphatic heterocycles. The van der Waals surface area contributed by atoms with Gasteiger partial charge in [0.05, 0.1) is 16.8 Å². The number of fused-ring (bicyclic) bond motifs is 1. The third-order valence-corrected chi connectivity index (χ3v) is 5.64. The molecule has 0 fully saturated rings. The molecule has 5 nitrogen and oxygen atoms in total. The fourth-order valence-corrected chi connectivity index (χ4v) is 3.95. The highest BCUT2D eigenvalue weighted by atomic mass is 32.2. The number of thioether (sulfide) groups is 1. The number of carbonyl (C=O) groups excluding carboxylic acids is 2. The highest BCUT2D eigenvalue weighted by Crippen LogP contribution is 2.20. The number of amides is 1. The summed E-state index contributed by atoms with van der Waals surface area (Å²) in [7, 11) is 0. The lowest BCUT2D eigenvalue weighted by Gasteiger charge is -2.06. The van der Waals surface area contributed by atoms with Crippen molar-refractivity contribution in [3.63, 3.8) is 0 Å². The zero-order chi connectivity index (χ0) is 20.8. The number of carbonyl (C=O) groups is 2. The van der Waals surface area contributed by atoms with Gasteiger partial charge in [-0.3, -0.25) is 9.59 Å². The fraction of sp³-hybridized carbons (Fsp3) is 0.125. The van der Waals surface area contributed by atoms with Gasteiger partial charge in [0.2, 0.25) is 0 Å². The molecule has 0 unspecified atom stereocenters. The van der Waals surface area contributed by atoms with Crippen molar-refractivity contribution in [2.24, 2.45) is 0 Å². The lowest BCUT2D eigenvalue weighted by molar-refractivity contribution is 0.0953. The van der Waals surface area contributed by atoms with Crippen LogP contribution in [-0.4, -0.2) is 34.0 Å². The molecule has 4 aromatic rings. The van der Waals surface area contributed by atoms with Crippen molar-refractivity contribution in [1.82, 2.24) is 15.3 Å². The third kappa shape index (κ3) is 4.96. The summed E-state index contributed by atoms with van der Waals surface area (Å²) < 4.78 is 0. The molecule has 0 saturated heterocycles. The average molecular weight is 416 g/mol. The van der Waals surface area contributed by atoms with E-state index in [0.717, 1.165) is 21.8 Å². The Labute approximate surface area is 178 Å². The van der Waals surface area contributed by atoms with E-state index in [1.165, 1.54) is 11.8 Å². The van der Waals surface area contributed by atoms with Gasteiger partial charge in [0, 0.05) is 29.0 Å². The van der Waals surface area contributed by atoms with Crippen LogP contribution in [0, 0.1) is 0 Å². The minimum atomic E-state index is -0.136. The number of imidazole rings is 1. The standard InChI is InChI=1S/C24H21N3O2S/c28-22(17-7-2-1-3-8-17)16-30-19-10-6-9-18(15-19)24(29)25-14-13-23-26-20-11-4-5-12-21(20)27-23/h1-12,15H,13-14,16H2,(H,25,29)(H,26,27). The van der Waals surface area contributed by atoms with Crippen LogP contribution in [0.5, 0.6) is 0 Å². The molecule has 1 heterocycles. The number of benzene rings is 3. The maximum absolute atomic E-state index is 12.5. The Morgan fingerprint density at radius 3 is 2.50 bits per heavy atom. The Bertz CT molecular complexity index is 1140. The topological polar surface area (TPSA) is 74.8 Å². The van der Waals surface area contributed by atoms with Crippen molar-refractivity contribution >= 4 is 34.5 Å². The van der Waals surface area contributed by atoms with Crippen LogP contribution in [0.25, 0.3) is 11.0 Å². The number of aromatic amines is 1. The maximum Gasteiger partial charge on any atom is 0.251 e. The number of H-pyrrole nitrogens is 1. The monoisotopic (exact) mass is 415 g/mol. The number of para-hydroxylation sites is 2. The summed E-state index contributed by atoms with van der Waals surface area (Å²) >= 11 is 1.43. The Kier molecular flexibility index (Phi) is 6.25. The summed E-state index contributed by atoms with van der Waals surface area (Å²) in [5.74, 6) is 1.12. The van der Waals surface area contributed by atoms with Crippen molar-refractivity contribution in [1.29, 1.82) is 0 Å². The Morgan fingerprint density at radius 1 is 0.900 bits per heavy atom. The molecule has 1 amide bonds. The van der Waals surface area contributed by atoms with E-state index in [1.54, 1.807) is 6.07 Å². The number of ketones is 1. The summed E-state index contributed by atoms with van der Waals surface area (Å²) in [6, 6.07) is 24.4. The van der Waals surface area contributed by atoms with Crippen LogP contribution in [0.15, 0.2) is 83.8 Å². The summed E-state index contributed by atoms with van der Waals surface area (Å²) in [5.41, 5.74) is 3.20. The van der Waals surface area contributed by atoms with Crippen LogP contribution in [0.2, 0.25) is 0 Å². The van der Waals surface area contributed by atoms with Crippen LogP contribution in [0.3, 0.4) is 0 Å². The van der Waals surface area contributed by atoms with Crippen LogP contribution in [0.1, 0.15) is 26.5 Å². The predicted molar refractivity (Wildman–Crippen MR) is 120 cm³/mol. The molecule has 0 spiro atoms. The largest absolute Gasteiger partial charge is 0.352 e. The summed E-state index contributed by atoms with van der Waals surface area (Å²) in [4.78, 5) is 33.4. The first-order chi connectivity index (χ1) is 14.7. The third-order valence-electron chi connectivity index (χ3n) is 4.65. The van der Waals surface area contributed by atoms with Crippen molar-refractivity contribution in [3.8, 4) is 0 Å². The summed E-state index contributed by atoms with van der Waals surface area (Å²) in [5, 5.41) is 2.93. The van der Waals surface area contributed by atoms with Crippen LogP contribution in [0.4, 0.5) is 0 Å². The first-order valence-electron chi connectivity index (χ1n) is 9.72. The molecule has 6 heteroatoms. The molecular weight excluding hydrogens is 394 g/mol. The first kappa shape index (κ1) is 19.9. The number of nitrogens with one attached hydrogen (secondary N) is 2. The molecule has 0 aliphatic carbocycles. The van der Waals surface area contributed by atoms with Crippen molar-refractivity contribution in [2.45, 2.75) is 11.3 Å². The normalized spacial score (nSPS) is 10.8. The van der Waals surface area contributed by atoms with E-state index in [9.17, 15) is 9.59 Å². The lowest BCUT2D eigenvalue weighted by Crippen LogP contribution is -2.25. The minimum absolute atomic E-state index is 0.0706. The molecule has 0 aliphatic rings. The highest BCUT2D eigenvalue weighted by Gasteiger charge is 2.10. The van der Waals surface area contributed by atoms with Gasteiger partial charge in [-0.25, -0.2) is 4.98 Å². The van der Waals surface area contributed by atoms with Gasteiger partial charge in [0.25, 0.3) is 5.91 Å². The van der Waals surface area contributed by atoms with Crippen molar-refractivity contribution in [2.75, 3.05) is 12.3 Å². The van der Waals surface area contributed by atoms with E-state index >= 15 is 0 Å². The minimum Gasteiger partial charge on any atom is -0.352 e. The fourth-order valence-electron chi connectivity index (χ4n) is 3.10. The number of rotatable bonds is 8. The van der Waals surface area contributed by atoms with Crippen LogP contribution < -0.4 is 5.32 Å². The Morgan fingerprint density at radius 2 is 1.67 bits per heavy atom. The van der Waals surface area contributed by atoms with Crippen molar-refractivity contribution < 1.29 is 9.59 Å². The Balaban J connectivity index is 1.30. The van der Waals surface area contributed by atoms with E-state index in [-0.39, 0.29) is 11.7 Å². The van der Waals surface area contributed by atoms with Gasteiger partial charge in [-0.05, 0) is 30.3 Å². The van der Waals surface area contributed by atoms with Crippen molar-refractivity contribution in [3.05, 3.63) is 95.8 Å². The van der Waals surface area contributed by atoms with Gasteiger partial charge in [-0.1, -0.05) is 48.5 Å². The van der Waals surface area contributed by atoms with Gasteiger partial charge >= 0.3 is 0 Å². The van der Waals surface area contributed by atoms with Gasteiger partial charge in [0.15, 0.2) is 5.78 Å². The predicted octanol–water partition coefficient (Wildman–Crippen LogP) is 4.51. The lowest BCUT2D eigenvalue weighted by atomic mass is 10.2. The van der Waals surface area contributed by atoms with Gasteiger partial charge in [-0.2, -0.15) is 0 Å². The SMILES string of the molecule is O=C(CSc1cccc(C(=O)NCCc2nc3ccccc3[nH]2)c1)c1ccccc1. The molecule has 0 radical (unpaired) electrons. The first-order valence-corrected chi connectivity index (χ1v) is 10.7. The molecule has 1 aromatic heterocycles. The van der Waals surface area contributed by atoms with E-state index < -0.39 is 0 Å². The quantitative estimate of drug-likeness (QED) is 0.328. The Hall–Kier alpha value is -3.38. The molecule has 0 atom stereocenters. The van der Waals surface area contributed by atoms with E-state index in [4.69, 9.17) is 0 Å². The molecule has 3 aromatic carbocycles. The van der Waals surface area contributed by atoms with Gasteiger partial charge in [0.1, 0.15) is 5.82 Å². The summed E-state index contributed by atoms with van der Waals surface area (Å²) in [6.45, 7) is 0.489. The van der Waals surface area contributed by atoms with Gasteiger partial charge < -0.3 is 10.3 Å². The molecule has 0 bridgehead atoms. The maximum atomic E-state index is 12.5. The zero-order valence-corrected chi connectivity index (χ0v) is 17.1. The number of Topliss-reactive ketones (excluding diaryl/α,β-unsaturated/α-hetero) is 1. The zero-order valence-electron chi connectivity index (χ0n) is 16.3.